The molecule has 0 spiro atoms. The van der Waals surface area contributed by atoms with Crippen molar-refractivity contribution in [2.45, 2.75) is 31.7 Å². The zero-order chi connectivity index (χ0) is 16.2. The highest BCUT2D eigenvalue weighted by Gasteiger charge is 2.29. The lowest BCUT2D eigenvalue weighted by Crippen LogP contribution is -2.26. The van der Waals surface area contributed by atoms with E-state index in [2.05, 4.69) is 29.6 Å². The third-order valence-corrected chi connectivity index (χ3v) is 5.97. The third kappa shape index (κ3) is 4.57. The van der Waals surface area contributed by atoms with E-state index in [1.54, 1.807) is 13.3 Å². The molecule has 0 bridgehead atoms. The second kappa shape index (κ2) is 7.28. The number of esters is 1. The standard InChI is InChI=1S/C15H22N2O3SSi/c1-19-12-6-5-7-16-13(12)14-17-11(10-21-14)15(18)20-8-9-22(2,3)4/h5-7,11H,8-10H2,1-4H3. The number of methoxy groups -OCH3 is 1. The van der Waals surface area contributed by atoms with Crippen LogP contribution in [0.5, 0.6) is 5.75 Å². The molecule has 7 heteroatoms. The van der Waals surface area contributed by atoms with Gasteiger partial charge in [0.2, 0.25) is 0 Å². The molecule has 0 aliphatic carbocycles. The van der Waals surface area contributed by atoms with Gasteiger partial charge in [0.25, 0.3) is 0 Å². The number of thioether (sulfide) groups is 1. The fraction of sp³-hybridized carbons (Fsp3) is 0.533. The van der Waals surface area contributed by atoms with Crippen molar-refractivity contribution in [2.24, 2.45) is 4.99 Å². The van der Waals surface area contributed by atoms with Crippen molar-refractivity contribution >= 4 is 30.8 Å². The van der Waals surface area contributed by atoms with Gasteiger partial charge in [-0.05, 0) is 18.2 Å². The summed E-state index contributed by atoms with van der Waals surface area (Å²) in [5.41, 5.74) is 0.687. The Morgan fingerprint density at radius 1 is 1.45 bits per heavy atom. The highest BCUT2D eigenvalue weighted by molar-refractivity contribution is 8.14. The molecule has 22 heavy (non-hydrogen) atoms. The Hall–Kier alpha value is -1.34. The average Bonchev–Trinajstić information content (AvgIpc) is 2.95. The first-order chi connectivity index (χ1) is 10.4. The van der Waals surface area contributed by atoms with Crippen LogP contribution in [0.4, 0.5) is 0 Å². The van der Waals surface area contributed by atoms with Gasteiger partial charge in [-0.1, -0.05) is 19.6 Å². The van der Waals surface area contributed by atoms with Crippen LogP contribution < -0.4 is 4.74 Å². The van der Waals surface area contributed by atoms with E-state index in [4.69, 9.17) is 9.47 Å². The van der Waals surface area contributed by atoms with E-state index in [1.807, 2.05) is 12.1 Å². The summed E-state index contributed by atoms with van der Waals surface area (Å²) in [5, 5.41) is 0.740. The lowest BCUT2D eigenvalue weighted by atomic mass is 10.3. The largest absolute Gasteiger partial charge is 0.494 e. The molecule has 1 aliphatic heterocycles. The quantitative estimate of drug-likeness (QED) is 0.589. The van der Waals surface area contributed by atoms with Crippen molar-refractivity contribution in [3.05, 3.63) is 24.0 Å². The molecule has 1 aromatic rings. The normalized spacial score (nSPS) is 18.0. The van der Waals surface area contributed by atoms with Crippen molar-refractivity contribution in [1.82, 2.24) is 4.98 Å². The number of hydrogen-bond donors (Lipinski definition) is 0. The molecule has 5 nitrogen and oxygen atoms in total. The maximum Gasteiger partial charge on any atom is 0.331 e. The van der Waals surface area contributed by atoms with Gasteiger partial charge in [-0.15, -0.1) is 11.8 Å². The van der Waals surface area contributed by atoms with Gasteiger partial charge >= 0.3 is 5.97 Å². The number of carbonyl (C=O) groups excluding carboxylic acids is 1. The molecule has 2 heterocycles. The summed E-state index contributed by atoms with van der Waals surface area (Å²) in [4.78, 5) is 20.8. The van der Waals surface area contributed by atoms with Crippen LogP contribution in [0.1, 0.15) is 5.69 Å². The summed E-state index contributed by atoms with van der Waals surface area (Å²) >= 11 is 1.52. The molecule has 120 valence electrons. The molecule has 2 rings (SSSR count). The van der Waals surface area contributed by atoms with Crippen LogP contribution in [0.3, 0.4) is 0 Å². The highest BCUT2D eigenvalue weighted by Crippen LogP contribution is 2.28. The Labute approximate surface area is 136 Å². The van der Waals surface area contributed by atoms with E-state index in [0.29, 0.717) is 23.8 Å². The monoisotopic (exact) mass is 338 g/mol. The predicted octanol–water partition coefficient (Wildman–Crippen LogP) is 2.83. The van der Waals surface area contributed by atoms with Crippen molar-refractivity contribution in [3.63, 3.8) is 0 Å². The van der Waals surface area contributed by atoms with E-state index >= 15 is 0 Å². The average molecular weight is 339 g/mol. The van der Waals surface area contributed by atoms with Crippen molar-refractivity contribution in [3.8, 4) is 5.75 Å². The lowest BCUT2D eigenvalue weighted by Gasteiger charge is -2.15. The second-order valence-electron chi connectivity index (χ2n) is 6.29. The molecule has 0 aromatic carbocycles. The minimum absolute atomic E-state index is 0.240. The van der Waals surface area contributed by atoms with Crippen molar-refractivity contribution in [1.29, 1.82) is 0 Å². The van der Waals surface area contributed by atoms with Gasteiger partial charge in [0.15, 0.2) is 6.04 Å². The molecule has 0 radical (unpaired) electrons. The van der Waals surface area contributed by atoms with Crippen LogP contribution in [0.15, 0.2) is 23.3 Å². The molecule has 1 aromatic heterocycles. The number of ether oxygens (including phenoxy) is 2. The van der Waals surface area contributed by atoms with Crippen LogP contribution in [0, 0.1) is 0 Å². The van der Waals surface area contributed by atoms with Crippen molar-refractivity contribution in [2.75, 3.05) is 19.5 Å². The Bertz CT molecular complexity index is 572. The fourth-order valence-corrected chi connectivity index (χ4v) is 3.63. The van der Waals surface area contributed by atoms with E-state index in [9.17, 15) is 4.79 Å². The van der Waals surface area contributed by atoms with Crippen LogP contribution in [-0.2, 0) is 9.53 Å². The van der Waals surface area contributed by atoms with Gasteiger partial charge < -0.3 is 9.47 Å². The number of aliphatic imine (C=N–C) groups is 1. The van der Waals surface area contributed by atoms with Gasteiger partial charge in [0, 0.05) is 20.0 Å². The predicted molar refractivity (Wildman–Crippen MR) is 92.7 cm³/mol. The Kier molecular flexibility index (Phi) is 5.63. The number of hydrogen-bond acceptors (Lipinski definition) is 6. The smallest absolute Gasteiger partial charge is 0.331 e. The SMILES string of the molecule is COc1cccnc1C1=NC(C(=O)OCC[Si](C)(C)C)CS1. The van der Waals surface area contributed by atoms with E-state index in [1.165, 1.54) is 11.8 Å². The molecular weight excluding hydrogens is 316 g/mol. The summed E-state index contributed by atoms with van der Waals surface area (Å²) in [6, 6.07) is 4.19. The maximum atomic E-state index is 12.1. The molecule has 1 atom stereocenters. The molecular formula is C15H22N2O3SSi. The maximum absolute atomic E-state index is 12.1. The highest BCUT2D eigenvalue weighted by atomic mass is 32.2. The first kappa shape index (κ1) is 17.0. The Balaban J connectivity index is 1.98. The Morgan fingerprint density at radius 3 is 2.91 bits per heavy atom. The number of carbonyl (C=O) groups is 1. The zero-order valence-electron chi connectivity index (χ0n) is 13.5. The molecule has 0 N–H and O–H groups in total. The molecule has 1 aliphatic rings. The Morgan fingerprint density at radius 2 is 2.23 bits per heavy atom. The van der Waals surface area contributed by atoms with Gasteiger partial charge in [-0.3, -0.25) is 9.98 Å². The van der Waals surface area contributed by atoms with E-state index < -0.39 is 14.1 Å². The second-order valence-corrected chi connectivity index (χ2v) is 12.9. The fourth-order valence-electron chi connectivity index (χ4n) is 1.89. The summed E-state index contributed by atoms with van der Waals surface area (Å²) in [7, 11) is 0.413. The summed E-state index contributed by atoms with van der Waals surface area (Å²) in [5.74, 6) is 1.03. The summed E-state index contributed by atoms with van der Waals surface area (Å²) in [6.45, 7) is 7.27. The lowest BCUT2D eigenvalue weighted by molar-refractivity contribution is -0.143. The van der Waals surface area contributed by atoms with Crippen LogP contribution in [0.2, 0.25) is 25.7 Å². The summed E-state index contributed by atoms with van der Waals surface area (Å²) < 4.78 is 10.7. The van der Waals surface area contributed by atoms with E-state index in [-0.39, 0.29) is 5.97 Å². The van der Waals surface area contributed by atoms with Crippen LogP contribution >= 0.6 is 11.8 Å². The minimum atomic E-state index is -1.19. The first-order valence-electron chi connectivity index (χ1n) is 7.27. The van der Waals surface area contributed by atoms with Crippen molar-refractivity contribution < 1.29 is 14.3 Å². The van der Waals surface area contributed by atoms with Crippen LogP contribution in [0.25, 0.3) is 0 Å². The summed E-state index contributed by atoms with van der Waals surface area (Å²) in [6.07, 6.45) is 1.69. The molecule has 0 amide bonds. The van der Waals surface area contributed by atoms with E-state index in [0.717, 1.165) is 11.1 Å². The zero-order valence-corrected chi connectivity index (χ0v) is 15.3. The molecule has 0 saturated carbocycles. The van der Waals surface area contributed by atoms with Gasteiger partial charge in [-0.2, -0.15) is 0 Å². The number of nitrogens with zero attached hydrogens (tertiary/aromatic N) is 2. The molecule has 0 saturated heterocycles. The van der Waals surface area contributed by atoms with Gasteiger partial charge in [0.1, 0.15) is 16.5 Å². The topological polar surface area (TPSA) is 60.8 Å². The first-order valence-corrected chi connectivity index (χ1v) is 12.0. The number of rotatable bonds is 6. The van der Waals surface area contributed by atoms with Crippen LogP contribution in [-0.4, -0.2) is 49.6 Å². The van der Waals surface area contributed by atoms with Gasteiger partial charge in [0.05, 0.1) is 13.7 Å². The third-order valence-electron chi connectivity index (χ3n) is 3.21. The molecule has 0 fully saturated rings. The van der Waals surface area contributed by atoms with Gasteiger partial charge in [-0.25, -0.2) is 4.79 Å². The number of pyridine rings is 1. The minimum Gasteiger partial charge on any atom is -0.494 e. The molecule has 1 unspecified atom stereocenters. The number of aromatic nitrogens is 1.